The number of aromatic nitrogens is 2. The van der Waals surface area contributed by atoms with Gasteiger partial charge in [-0.15, -0.1) is 0 Å². The largest absolute Gasteiger partial charge is 0.490 e. The molecule has 2 aromatic heterocycles. The molecule has 2 aliphatic rings. The van der Waals surface area contributed by atoms with E-state index in [1.54, 1.807) is 18.6 Å². The maximum absolute atomic E-state index is 12.7. The van der Waals surface area contributed by atoms with Gasteiger partial charge in [-0.2, -0.15) is 26.3 Å². The van der Waals surface area contributed by atoms with E-state index in [0.29, 0.717) is 12.5 Å². The third kappa shape index (κ3) is 9.51. The van der Waals surface area contributed by atoms with Crippen molar-refractivity contribution >= 4 is 17.8 Å². The Kier molecular flexibility index (Phi) is 11.1. The van der Waals surface area contributed by atoms with Gasteiger partial charge in [0.15, 0.2) is 0 Å². The Morgan fingerprint density at radius 1 is 1.10 bits per heavy atom. The van der Waals surface area contributed by atoms with Gasteiger partial charge in [0.2, 0.25) is 0 Å². The minimum Gasteiger partial charge on any atom is -0.475 e. The molecule has 0 aromatic carbocycles. The van der Waals surface area contributed by atoms with Gasteiger partial charge in [-0.1, -0.05) is 6.07 Å². The minimum atomic E-state index is -5.08. The van der Waals surface area contributed by atoms with Crippen molar-refractivity contribution < 1.29 is 55.7 Å². The van der Waals surface area contributed by atoms with E-state index in [9.17, 15) is 31.1 Å². The number of halogens is 6. The zero-order chi connectivity index (χ0) is 30.1. The van der Waals surface area contributed by atoms with Gasteiger partial charge in [-0.25, -0.2) is 9.59 Å². The van der Waals surface area contributed by atoms with Crippen LogP contribution < -0.4 is 0 Å². The summed E-state index contributed by atoms with van der Waals surface area (Å²) in [6, 6.07) is 5.82. The molecule has 16 heteroatoms. The average molecular weight is 582 g/mol. The fraction of sp³-hybridized carbons (Fsp3) is 0.500. The SMILES string of the molecule is CN1C[C@@H](COCc2cccnc2)[C@]2(CCN(C(=O)c3cc[nH]c3)C2)C1.O=C(O)C(F)(F)F.O=C(O)C(F)(F)F. The van der Waals surface area contributed by atoms with Crippen LogP contribution in [0, 0.1) is 11.3 Å². The molecule has 40 heavy (non-hydrogen) atoms. The van der Waals surface area contributed by atoms with Crippen LogP contribution in [0.3, 0.4) is 0 Å². The number of carbonyl (C=O) groups excluding carboxylic acids is 1. The van der Waals surface area contributed by atoms with Gasteiger partial charge in [0.1, 0.15) is 0 Å². The van der Waals surface area contributed by atoms with E-state index in [0.717, 1.165) is 50.3 Å². The summed E-state index contributed by atoms with van der Waals surface area (Å²) in [4.78, 5) is 42.0. The predicted molar refractivity (Wildman–Crippen MR) is 126 cm³/mol. The number of pyridine rings is 1. The van der Waals surface area contributed by atoms with Crippen LogP contribution >= 0.6 is 0 Å². The lowest BCUT2D eigenvalue weighted by molar-refractivity contribution is -0.193. The molecule has 4 rings (SSSR count). The first-order valence-corrected chi connectivity index (χ1v) is 11.7. The first-order valence-electron chi connectivity index (χ1n) is 11.7. The lowest BCUT2D eigenvalue weighted by Crippen LogP contribution is -2.38. The Morgan fingerprint density at radius 3 is 2.23 bits per heavy atom. The number of aromatic amines is 1. The number of hydrogen-bond acceptors (Lipinski definition) is 6. The van der Waals surface area contributed by atoms with Gasteiger partial charge in [-0.3, -0.25) is 9.78 Å². The normalized spacial score (nSPS) is 20.9. The lowest BCUT2D eigenvalue weighted by Gasteiger charge is -2.30. The summed E-state index contributed by atoms with van der Waals surface area (Å²) in [6.07, 6.45) is -1.91. The van der Waals surface area contributed by atoms with Crippen molar-refractivity contribution in [3.63, 3.8) is 0 Å². The first kappa shape index (κ1) is 32.6. The summed E-state index contributed by atoms with van der Waals surface area (Å²) in [6.45, 7) is 5.03. The molecular weight excluding hydrogens is 554 g/mol. The van der Waals surface area contributed by atoms with E-state index in [1.807, 2.05) is 29.3 Å². The molecule has 0 aliphatic carbocycles. The molecule has 0 bridgehead atoms. The molecule has 1 amide bonds. The molecule has 2 saturated heterocycles. The number of alkyl halides is 6. The van der Waals surface area contributed by atoms with Crippen molar-refractivity contribution in [2.75, 3.05) is 39.8 Å². The second kappa shape index (κ2) is 13.6. The first-order chi connectivity index (χ1) is 18.5. The maximum atomic E-state index is 12.7. The Balaban J connectivity index is 0.000000333. The van der Waals surface area contributed by atoms with E-state index < -0.39 is 24.3 Å². The van der Waals surface area contributed by atoms with Gasteiger partial charge in [0.25, 0.3) is 5.91 Å². The highest BCUT2D eigenvalue weighted by molar-refractivity contribution is 5.94. The topological polar surface area (TPSA) is 136 Å². The molecule has 0 saturated carbocycles. The number of nitrogens with one attached hydrogen (secondary N) is 1. The summed E-state index contributed by atoms with van der Waals surface area (Å²) in [5, 5.41) is 14.2. The second-order valence-corrected chi connectivity index (χ2v) is 9.31. The predicted octanol–water partition coefficient (Wildman–Crippen LogP) is 3.29. The summed E-state index contributed by atoms with van der Waals surface area (Å²) in [5.74, 6) is -4.93. The number of nitrogens with zero attached hydrogens (tertiary/aromatic N) is 3. The lowest BCUT2D eigenvalue weighted by atomic mass is 9.77. The Bertz CT molecular complexity index is 1090. The zero-order valence-corrected chi connectivity index (χ0v) is 21.2. The zero-order valence-electron chi connectivity index (χ0n) is 21.2. The molecule has 4 heterocycles. The fourth-order valence-corrected chi connectivity index (χ4v) is 4.50. The van der Waals surface area contributed by atoms with Crippen LogP contribution in [0.1, 0.15) is 22.3 Å². The highest BCUT2D eigenvalue weighted by Crippen LogP contribution is 2.44. The monoisotopic (exact) mass is 582 g/mol. The standard InChI is InChI=1S/C20H26N4O2.2C2HF3O2/c1-23-11-18(13-26-12-16-3-2-6-21-9-16)20(14-23)5-8-24(15-20)19(25)17-4-7-22-10-17;2*3-2(4,5)1(6)7/h2-4,6-7,9-10,18,22H,5,8,11-15H2,1H3;2*(H,6,7)/t18-,20+;;/m0../s1. The van der Waals surface area contributed by atoms with E-state index in [-0.39, 0.29) is 11.3 Å². The number of ether oxygens (including phenoxy) is 1. The molecule has 222 valence electrons. The van der Waals surface area contributed by atoms with Gasteiger partial charge < -0.3 is 29.7 Å². The van der Waals surface area contributed by atoms with Gasteiger partial charge >= 0.3 is 24.3 Å². The number of carboxylic acid groups (broad SMARTS) is 2. The van der Waals surface area contributed by atoms with Crippen molar-refractivity contribution in [1.82, 2.24) is 19.8 Å². The van der Waals surface area contributed by atoms with E-state index in [1.165, 1.54) is 0 Å². The third-order valence-electron chi connectivity index (χ3n) is 6.30. The van der Waals surface area contributed by atoms with Crippen molar-refractivity contribution in [2.24, 2.45) is 11.3 Å². The number of carbonyl (C=O) groups is 3. The smallest absolute Gasteiger partial charge is 0.475 e. The van der Waals surface area contributed by atoms with E-state index >= 15 is 0 Å². The highest BCUT2D eigenvalue weighted by atomic mass is 19.4. The highest BCUT2D eigenvalue weighted by Gasteiger charge is 2.50. The molecule has 2 aromatic rings. The minimum absolute atomic E-state index is 0.132. The number of likely N-dealkylation sites (tertiary alicyclic amines) is 2. The molecule has 0 radical (unpaired) electrons. The second-order valence-electron chi connectivity index (χ2n) is 9.31. The third-order valence-corrected chi connectivity index (χ3v) is 6.30. The Morgan fingerprint density at radius 2 is 1.73 bits per heavy atom. The van der Waals surface area contributed by atoms with Crippen LogP contribution in [0.5, 0.6) is 0 Å². The number of hydrogen-bond donors (Lipinski definition) is 3. The van der Waals surface area contributed by atoms with Crippen LogP contribution in [-0.4, -0.2) is 100 Å². The van der Waals surface area contributed by atoms with Crippen molar-refractivity contribution in [3.05, 3.63) is 54.1 Å². The van der Waals surface area contributed by atoms with Crippen LogP contribution in [-0.2, 0) is 20.9 Å². The Labute approximate surface area is 224 Å². The van der Waals surface area contributed by atoms with Crippen molar-refractivity contribution in [3.8, 4) is 0 Å². The van der Waals surface area contributed by atoms with Gasteiger partial charge in [0.05, 0.1) is 18.8 Å². The molecule has 0 unspecified atom stereocenters. The van der Waals surface area contributed by atoms with Crippen molar-refractivity contribution in [1.29, 1.82) is 0 Å². The number of amides is 1. The van der Waals surface area contributed by atoms with Crippen LogP contribution in [0.25, 0.3) is 0 Å². The molecular formula is C24H28F6N4O6. The van der Waals surface area contributed by atoms with Crippen LogP contribution in [0.2, 0.25) is 0 Å². The molecule has 2 atom stereocenters. The van der Waals surface area contributed by atoms with Gasteiger partial charge in [0, 0.05) is 62.3 Å². The fourth-order valence-electron chi connectivity index (χ4n) is 4.50. The van der Waals surface area contributed by atoms with Crippen LogP contribution in [0.15, 0.2) is 43.0 Å². The van der Waals surface area contributed by atoms with E-state index in [2.05, 4.69) is 21.9 Å². The molecule has 10 nitrogen and oxygen atoms in total. The average Bonchev–Trinajstić information content (AvgIpc) is 3.60. The van der Waals surface area contributed by atoms with Crippen LogP contribution in [0.4, 0.5) is 26.3 Å². The molecule has 2 fully saturated rings. The number of H-pyrrole nitrogens is 1. The number of aliphatic carboxylic acids is 2. The quantitative estimate of drug-likeness (QED) is 0.457. The summed E-state index contributed by atoms with van der Waals surface area (Å²) in [5.41, 5.74) is 2.00. The summed E-state index contributed by atoms with van der Waals surface area (Å²) >= 11 is 0. The van der Waals surface area contributed by atoms with E-state index in [4.69, 9.17) is 24.5 Å². The summed E-state index contributed by atoms with van der Waals surface area (Å²) < 4.78 is 69.5. The van der Waals surface area contributed by atoms with Gasteiger partial charge in [-0.05, 0) is 31.2 Å². The van der Waals surface area contributed by atoms with Crippen molar-refractivity contribution in [2.45, 2.75) is 25.4 Å². The maximum Gasteiger partial charge on any atom is 0.490 e. The number of rotatable bonds is 5. The molecule has 1 spiro atoms. The number of carboxylic acids is 2. The molecule has 2 aliphatic heterocycles. The molecule has 3 N–H and O–H groups in total. The Hall–Kier alpha value is -3.66. The summed E-state index contributed by atoms with van der Waals surface area (Å²) in [7, 11) is 2.17.